The van der Waals surface area contributed by atoms with Crippen molar-refractivity contribution in [2.75, 3.05) is 40.3 Å². The second kappa shape index (κ2) is 12.4. The van der Waals surface area contributed by atoms with Gasteiger partial charge in [0.1, 0.15) is 5.75 Å². The minimum Gasteiger partial charge on any atom is -0.493 e. The predicted molar refractivity (Wildman–Crippen MR) is 116 cm³/mol. The van der Waals surface area contributed by atoms with Crippen LogP contribution in [-0.4, -0.2) is 57.4 Å². The molecule has 0 spiro atoms. The van der Waals surface area contributed by atoms with E-state index < -0.39 is 12.7 Å². The van der Waals surface area contributed by atoms with Crippen molar-refractivity contribution in [1.82, 2.24) is 15.5 Å². The zero-order chi connectivity index (χ0) is 19.7. The summed E-state index contributed by atoms with van der Waals surface area (Å²) in [5.41, 5.74) is 1.05. The van der Waals surface area contributed by atoms with Crippen LogP contribution in [0.5, 0.6) is 5.75 Å². The van der Waals surface area contributed by atoms with E-state index in [1.54, 1.807) is 7.05 Å². The molecule has 5 nitrogen and oxygen atoms in total. The summed E-state index contributed by atoms with van der Waals surface area (Å²) in [6.07, 6.45) is -1.08. The maximum absolute atomic E-state index is 12.3. The molecule has 1 aromatic rings. The fraction of sp³-hybridized carbons (Fsp3) is 0.632. The second-order valence-electron chi connectivity index (χ2n) is 6.92. The van der Waals surface area contributed by atoms with E-state index in [9.17, 15) is 13.2 Å². The van der Waals surface area contributed by atoms with E-state index in [-0.39, 0.29) is 24.0 Å². The summed E-state index contributed by atoms with van der Waals surface area (Å²) < 4.78 is 42.8. The second-order valence-corrected chi connectivity index (χ2v) is 6.92. The van der Waals surface area contributed by atoms with Gasteiger partial charge in [0.2, 0.25) is 0 Å². The average Bonchev–Trinajstić information content (AvgIpc) is 3.43. The SMILES string of the molecule is CN=C(NCCCN(C)CC(F)(F)F)NCc1ccccc1OCC1CC1.I. The fourth-order valence-electron chi connectivity index (χ4n) is 2.62. The molecule has 1 aliphatic carbocycles. The standard InChI is InChI=1S/C19H29F3N4O.HI/c1-23-18(24-10-5-11-26(2)14-19(20,21)22)25-12-16-6-3-4-7-17(16)27-13-15-8-9-15;/h3-4,6-7,15H,5,8-14H2,1-2H3,(H2,23,24,25);1H. The Morgan fingerprint density at radius 1 is 1.25 bits per heavy atom. The molecule has 0 saturated heterocycles. The van der Waals surface area contributed by atoms with Crippen LogP contribution in [0.15, 0.2) is 29.3 Å². The topological polar surface area (TPSA) is 48.9 Å². The average molecular weight is 514 g/mol. The fourth-order valence-corrected chi connectivity index (χ4v) is 2.62. The summed E-state index contributed by atoms with van der Waals surface area (Å²) in [5.74, 6) is 2.18. The summed E-state index contributed by atoms with van der Waals surface area (Å²) >= 11 is 0. The molecule has 0 aromatic heterocycles. The Morgan fingerprint density at radius 3 is 2.61 bits per heavy atom. The third kappa shape index (κ3) is 10.4. The number of para-hydroxylation sites is 1. The lowest BCUT2D eigenvalue weighted by Crippen LogP contribution is -2.39. The molecule has 2 N–H and O–H groups in total. The van der Waals surface area contributed by atoms with E-state index >= 15 is 0 Å². The van der Waals surface area contributed by atoms with Crippen LogP contribution in [0.4, 0.5) is 13.2 Å². The lowest BCUT2D eigenvalue weighted by Gasteiger charge is -2.19. The van der Waals surface area contributed by atoms with Crippen LogP contribution in [0.3, 0.4) is 0 Å². The Labute approximate surface area is 182 Å². The van der Waals surface area contributed by atoms with Crippen LogP contribution >= 0.6 is 24.0 Å². The minimum atomic E-state index is -4.16. The van der Waals surface area contributed by atoms with E-state index in [1.807, 2.05) is 24.3 Å². The molecule has 1 aliphatic rings. The molecule has 0 bridgehead atoms. The van der Waals surface area contributed by atoms with E-state index in [0.717, 1.165) is 17.9 Å². The first kappa shape index (κ1) is 24.8. The van der Waals surface area contributed by atoms with Gasteiger partial charge in [-0.2, -0.15) is 13.2 Å². The van der Waals surface area contributed by atoms with Gasteiger partial charge in [0, 0.05) is 25.7 Å². The quantitative estimate of drug-likeness (QED) is 0.217. The first-order valence-corrected chi connectivity index (χ1v) is 9.28. The van der Waals surface area contributed by atoms with Gasteiger partial charge >= 0.3 is 6.18 Å². The van der Waals surface area contributed by atoms with Crippen LogP contribution in [0.1, 0.15) is 24.8 Å². The molecule has 9 heteroatoms. The van der Waals surface area contributed by atoms with Crippen LogP contribution in [0.2, 0.25) is 0 Å². The smallest absolute Gasteiger partial charge is 0.401 e. The molecule has 0 aliphatic heterocycles. The number of nitrogens with zero attached hydrogens (tertiary/aromatic N) is 2. The normalized spacial score (nSPS) is 14.6. The summed E-state index contributed by atoms with van der Waals surface area (Å²) in [5, 5.41) is 6.35. The minimum absolute atomic E-state index is 0. The number of alkyl halides is 3. The first-order valence-electron chi connectivity index (χ1n) is 9.28. The van der Waals surface area contributed by atoms with Gasteiger partial charge in [-0.15, -0.1) is 24.0 Å². The highest BCUT2D eigenvalue weighted by atomic mass is 127. The molecule has 2 rings (SSSR count). The maximum Gasteiger partial charge on any atom is 0.401 e. The monoisotopic (exact) mass is 514 g/mol. The number of nitrogens with one attached hydrogen (secondary N) is 2. The molecule has 1 saturated carbocycles. The number of rotatable bonds is 10. The van der Waals surface area contributed by atoms with Gasteiger partial charge in [0.05, 0.1) is 13.2 Å². The van der Waals surface area contributed by atoms with Crippen molar-refractivity contribution in [1.29, 1.82) is 0 Å². The highest BCUT2D eigenvalue weighted by molar-refractivity contribution is 14.0. The molecule has 1 fully saturated rings. The Kier molecular flexibility index (Phi) is 10.9. The summed E-state index contributed by atoms with van der Waals surface area (Å²) in [6.45, 7) is 1.34. The highest BCUT2D eigenvalue weighted by Gasteiger charge is 2.28. The van der Waals surface area contributed by atoms with Crippen molar-refractivity contribution in [2.24, 2.45) is 10.9 Å². The zero-order valence-electron chi connectivity index (χ0n) is 16.4. The van der Waals surface area contributed by atoms with Crippen molar-refractivity contribution in [2.45, 2.75) is 32.0 Å². The number of hydrogen-bond donors (Lipinski definition) is 2. The number of guanidine groups is 1. The predicted octanol–water partition coefficient (Wildman–Crippen LogP) is 3.64. The molecule has 0 heterocycles. The summed E-state index contributed by atoms with van der Waals surface area (Å²) in [7, 11) is 3.14. The highest BCUT2D eigenvalue weighted by Crippen LogP contribution is 2.30. The van der Waals surface area contributed by atoms with Crippen LogP contribution in [0.25, 0.3) is 0 Å². The third-order valence-electron chi connectivity index (χ3n) is 4.27. The van der Waals surface area contributed by atoms with Crippen LogP contribution in [-0.2, 0) is 6.54 Å². The Balaban J connectivity index is 0.00000392. The van der Waals surface area contributed by atoms with Crippen molar-refractivity contribution in [3.05, 3.63) is 29.8 Å². The zero-order valence-corrected chi connectivity index (χ0v) is 18.7. The largest absolute Gasteiger partial charge is 0.493 e. The number of halogens is 4. The number of ether oxygens (including phenoxy) is 1. The Hall–Kier alpha value is -1.23. The van der Waals surface area contributed by atoms with E-state index in [2.05, 4.69) is 15.6 Å². The van der Waals surface area contributed by atoms with Gasteiger partial charge in [-0.25, -0.2) is 0 Å². The van der Waals surface area contributed by atoms with Crippen molar-refractivity contribution >= 4 is 29.9 Å². The molecule has 1 aromatic carbocycles. The summed E-state index contributed by atoms with van der Waals surface area (Å²) in [6, 6.07) is 7.89. The lowest BCUT2D eigenvalue weighted by atomic mass is 10.2. The number of benzene rings is 1. The van der Waals surface area contributed by atoms with Crippen molar-refractivity contribution < 1.29 is 17.9 Å². The first-order chi connectivity index (χ1) is 12.9. The maximum atomic E-state index is 12.3. The molecule has 160 valence electrons. The molecular weight excluding hydrogens is 484 g/mol. The van der Waals surface area contributed by atoms with Gasteiger partial charge < -0.3 is 15.4 Å². The molecule has 0 amide bonds. The van der Waals surface area contributed by atoms with Gasteiger partial charge in [0.15, 0.2) is 5.96 Å². The molecule has 28 heavy (non-hydrogen) atoms. The Bertz CT molecular complexity index is 609. The van der Waals surface area contributed by atoms with E-state index in [0.29, 0.717) is 37.9 Å². The van der Waals surface area contributed by atoms with Gasteiger partial charge in [-0.3, -0.25) is 9.89 Å². The van der Waals surface area contributed by atoms with Crippen molar-refractivity contribution in [3.63, 3.8) is 0 Å². The van der Waals surface area contributed by atoms with Crippen LogP contribution in [0, 0.1) is 5.92 Å². The molecule has 0 unspecified atom stereocenters. The van der Waals surface area contributed by atoms with Gasteiger partial charge in [-0.1, -0.05) is 18.2 Å². The molecule has 0 radical (unpaired) electrons. The van der Waals surface area contributed by atoms with E-state index in [4.69, 9.17) is 4.74 Å². The summed E-state index contributed by atoms with van der Waals surface area (Å²) in [4.78, 5) is 5.42. The van der Waals surface area contributed by atoms with Gasteiger partial charge in [0.25, 0.3) is 0 Å². The number of aliphatic imine (C=N–C) groups is 1. The lowest BCUT2D eigenvalue weighted by molar-refractivity contribution is -0.143. The number of hydrogen-bond acceptors (Lipinski definition) is 3. The molecular formula is C19H30F3IN4O. The van der Waals surface area contributed by atoms with Crippen LogP contribution < -0.4 is 15.4 Å². The van der Waals surface area contributed by atoms with Crippen molar-refractivity contribution in [3.8, 4) is 5.75 Å². The van der Waals surface area contributed by atoms with Gasteiger partial charge in [-0.05, 0) is 44.8 Å². The van der Waals surface area contributed by atoms with E-state index in [1.165, 1.54) is 24.8 Å². The Morgan fingerprint density at radius 2 is 1.96 bits per heavy atom. The third-order valence-corrected chi connectivity index (χ3v) is 4.27. The molecule has 0 atom stereocenters.